The monoisotopic (exact) mass is 468 g/mol. The summed E-state index contributed by atoms with van der Waals surface area (Å²) in [6.45, 7) is 3.74. The number of benzene rings is 2. The predicted molar refractivity (Wildman–Crippen MR) is 125 cm³/mol. The van der Waals surface area contributed by atoms with Crippen LogP contribution in [0.3, 0.4) is 0 Å². The van der Waals surface area contributed by atoms with Gasteiger partial charge in [-0.25, -0.2) is 9.79 Å². The summed E-state index contributed by atoms with van der Waals surface area (Å²) in [5.41, 5.74) is 2.27. The molecule has 0 saturated carbocycles. The molecule has 0 fully saturated rings. The molecule has 3 aromatic rings. The second-order valence-electron chi connectivity index (χ2n) is 7.13. The molecule has 2 aromatic carbocycles. The number of methoxy groups -OCH3 is 1. The lowest BCUT2D eigenvalue weighted by Gasteiger charge is -2.24. The van der Waals surface area contributed by atoms with E-state index in [-0.39, 0.29) is 12.2 Å². The number of carbonyl (C=O) groups excluding carboxylic acids is 1. The summed E-state index contributed by atoms with van der Waals surface area (Å²) in [6.07, 6.45) is 1.80. The van der Waals surface area contributed by atoms with E-state index in [0.717, 1.165) is 11.1 Å². The molecule has 1 aromatic heterocycles. The van der Waals surface area contributed by atoms with Crippen molar-refractivity contribution in [2.24, 2.45) is 4.99 Å². The molecule has 0 bridgehead atoms. The zero-order valence-electron chi connectivity index (χ0n) is 17.8. The van der Waals surface area contributed by atoms with Crippen LogP contribution in [0.4, 0.5) is 0 Å². The number of allylic oxidation sites excluding steroid dienone is 1. The summed E-state index contributed by atoms with van der Waals surface area (Å²) in [7, 11) is 1.59. The van der Waals surface area contributed by atoms with Gasteiger partial charge in [-0.3, -0.25) is 9.36 Å². The van der Waals surface area contributed by atoms with E-state index in [0.29, 0.717) is 31.4 Å². The number of ether oxygens (including phenoxy) is 2. The molecule has 0 saturated heterocycles. The van der Waals surface area contributed by atoms with E-state index in [1.54, 1.807) is 55.9 Å². The van der Waals surface area contributed by atoms with Crippen molar-refractivity contribution in [2.45, 2.75) is 19.9 Å². The lowest BCUT2D eigenvalue weighted by Crippen LogP contribution is -2.39. The van der Waals surface area contributed by atoms with Gasteiger partial charge < -0.3 is 9.47 Å². The highest BCUT2D eigenvalue weighted by atomic mass is 35.5. The molecule has 0 spiro atoms. The van der Waals surface area contributed by atoms with Gasteiger partial charge in [-0.05, 0) is 55.3 Å². The predicted octanol–water partition coefficient (Wildman–Crippen LogP) is 3.46. The van der Waals surface area contributed by atoms with Crippen LogP contribution in [-0.2, 0) is 9.53 Å². The Labute approximate surface area is 193 Å². The van der Waals surface area contributed by atoms with E-state index >= 15 is 0 Å². The number of esters is 1. The van der Waals surface area contributed by atoms with Crippen LogP contribution in [0, 0.1) is 0 Å². The van der Waals surface area contributed by atoms with Crippen LogP contribution in [0.1, 0.15) is 31.0 Å². The molecule has 6 nitrogen and oxygen atoms in total. The molecule has 32 heavy (non-hydrogen) atoms. The lowest BCUT2D eigenvalue weighted by atomic mass is 9.96. The van der Waals surface area contributed by atoms with Gasteiger partial charge in [0, 0.05) is 5.02 Å². The summed E-state index contributed by atoms with van der Waals surface area (Å²) in [5.74, 6) is 0.198. The Balaban J connectivity index is 1.93. The Morgan fingerprint density at radius 3 is 2.50 bits per heavy atom. The zero-order chi connectivity index (χ0) is 22.8. The first-order valence-electron chi connectivity index (χ1n) is 10.0. The smallest absolute Gasteiger partial charge is 0.338 e. The summed E-state index contributed by atoms with van der Waals surface area (Å²) >= 11 is 7.26. The molecule has 0 aliphatic carbocycles. The highest BCUT2D eigenvalue weighted by Crippen LogP contribution is 2.31. The Hall–Kier alpha value is -3.16. The van der Waals surface area contributed by atoms with Crippen LogP contribution in [0.25, 0.3) is 6.08 Å². The molecule has 2 heterocycles. The number of carbonyl (C=O) groups is 1. The van der Waals surface area contributed by atoms with Crippen molar-refractivity contribution in [3.63, 3.8) is 0 Å². The highest BCUT2D eigenvalue weighted by Gasteiger charge is 2.33. The van der Waals surface area contributed by atoms with E-state index < -0.39 is 12.0 Å². The first-order chi connectivity index (χ1) is 15.4. The van der Waals surface area contributed by atoms with E-state index in [1.165, 1.54) is 11.3 Å². The van der Waals surface area contributed by atoms with Crippen LogP contribution in [0.2, 0.25) is 5.02 Å². The number of thiazole rings is 1. The first kappa shape index (κ1) is 22.0. The molecule has 0 N–H and O–H groups in total. The Bertz CT molecular complexity index is 1370. The normalized spacial score (nSPS) is 15.9. The zero-order valence-corrected chi connectivity index (χ0v) is 19.4. The van der Waals surface area contributed by atoms with Crippen LogP contribution < -0.4 is 19.6 Å². The second kappa shape index (κ2) is 9.14. The van der Waals surface area contributed by atoms with Crippen molar-refractivity contribution in [2.75, 3.05) is 13.7 Å². The molecule has 1 aliphatic rings. The maximum absolute atomic E-state index is 13.5. The summed E-state index contributed by atoms with van der Waals surface area (Å²) < 4.78 is 12.6. The van der Waals surface area contributed by atoms with Gasteiger partial charge in [-0.15, -0.1) is 0 Å². The van der Waals surface area contributed by atoms with Crippen LogP contribution >= 0.6 is 22.9 Å². The minimum atomic E-state index is -0.649. The molecule has 0 unspecified atom stereocenters. The van der Waals surface area contributed by atoms with E-state index in [9.17, 15) is 9.59 Å². The van der Waals surface area contributed by atoms with Crippen LogP contribution in [-0.4, -0.2) is 24.3 Å². The molecule has 1 aliphatic heterocycles. The molecule has 1 atom stereocenters. The third-order valence-electron chi connectivity index (χ3n) is 5.12. The van der Waals surface area contributed by atoms with Gasteiger partial charge in [-0.2, -0.15) is 0 Å². The largest absolute Gasteiger partial charge is 0.497 e. The molecular formula is C24H21ClN2O4S. The SMILES string of the molecule is CCOC(=O)C1=C(C)N=c2s/c(=C\c3ccc(Cl)cc3)c(=O)n2[C@@H]1c1ccc(OC)cc1. The topological polar surface area (TPSA) is 69.9 Å². The Kier molecular flexibility index (Phi) is 6.30. The average molecular weight is 469 g/mol. The van der Waals surface area contributed by atoms with Gasteiger partial charge in [0.2, 0.25) is 0 Å². The minimum Gasteiger partial charge on any atom is -0.497 e. The van der Waals surface area contributed by atoms with Crippen LogP contribution in [0.15, 0.2) is 69.6 Å². The quantitative estimate of drug-likeness (QED) is 0.538. The maximum Gasteiger partial charge on any atom is 0.338 e. The van der Waals surface area contributed by atoms with Crippen LogP contribution in [0.5, 0.6) is 5.75 Å². The second-order valence-corrected chi connectivity index (χ2v) is 8.57. The number of hydrogen-bond acceptors (Lipinski definition) is 6. The maximum atomic E-state index is 13.5. The summed E-state index contributed by atoms with van der Waals surface area (Å²) in [4.78, 5) is 31.5. The first-order valence-corrected chi connectivity index (χ1v) is 11.2. The number of hydrogen-bond donors (Lipinski definition) is 0. The van der Waals surface area contributed by atoms with Gasteiger partial charge >= 0.3 is 5.97 Å². The van der Waals surface area contributed by atoms with Crippen molar-refractivity contribution < 1.29 is 14.3 Å². The number of nitrogens with zero attached hydrogens (tertiary/aromatic N) is 2. The molecule has 0 radical (unpaired) electrons. The lowest BCUT2D eigenvalue weighted by molar-refractivity contribution is -0.139. The highest BCUT2D eigenvalue weighted by molar-refractivity contribution is 7.07. The van der Waals surface area contributed by atoms with Crippen molar-refractivity contribution in [3.05, 3.63) is 95.6 Å². The Morgan fingerprint density at radius 2 is 1.88 bits per heavy atom. The number of rotatable bonds is 5. The fourth-order valence-electron chi connectivity index (χ4n) is 3.60. The third-order valence-corrected chi connectivity index (χ3v) is 6.35. The number of halogens is 1. The van der Waals surface area contributed by atoms with Gasteiger partial charge in [0.1, 0.15) is 5.75 Å². The average Bonchev–Trinajstić information content (AvgIpc) is 3.09. The van der Waals surface area contributed by atoms with Gasteiger partial charge in [-0.1, -0.05) is 47.2 Å². The van der Waals surface area contributed by atoms with Crippen molar-refractivity contribution in [1.82, 2.24) is 4.57 Å². The molecule has 0 amide bonds. The fraction of sp³-hybridized carbons (Fsp3) is 0.208. The fourth-order valence-corrected chi connectivity index (χ4v) is 4.78. The third kappa shape index (κ3) is 4.13. The van der Waals surface area contributed by atoms with E-state index in [2.05, 4.69) is 4.99 Å². The number of fused-ring (bicyclic) bond motifs is 1. The Morgan fingerprint density at radius 1 is 1.19 bits per heavy atom. The molecular weight excluding hydrogens is 448 g/mol. The summed E-state index contributed by atoms with van der Waals surface area (Å²) in [6, 6.07) is 13.9. The standard InChI is InChI=1S/C24H21ClN2O4S/c1-4-31-23(29)20-14(2)26-24-27(21(20)16-7-11-18(30-3)12-8-16)22(28)19(32-24)13-15-5-9-17(25)10-6-15/h5-13,21H,4H2,1-3H3/b19-13-/t21-/m1/s1. The van der Waals surface area contributed by atoms with Gasteiger partial charge in [0.25, 0.3) is 5.56 Å². The summed E-state index contributed by atoms with van der Waals surface area (Å²) in [5, 5.41) is 0.623. The van der Waals surface area contributed by atoms with Crippen molar-refractivity contribution in [3.8, 4) is 5.75 Å². The van der Waals surface area contributed by atoms with Gasteiger partial charge in [0.15, 0.2) is 4.80 Å². The minimum absolute atomic E-state index is 0.223. The molecule has 8 heteroatoms. The van der Waals surface area contributed by atoms with E-state index in [4.69, 9.17) is 21.1 Å². The van der Waals surface area contributed by atoms with Gasteiger partial charge in [0.05, 0.1) is 35.6 Å². The van der Waals surface area contributed by atoms with Crippen molar-refractivity contribution in [1.29, 1.82) is 0 Å². The number of aromatic nitrogens is 1. The molecule has 4 rings (SSSR count). The van der Waals surface area contributed by atoms with E-state index in [1.807, 2.05) is 24.3 Å². The molecule has 164 valence electrons. The van der Waals surface area contributed by atoms with Crippen molar-refractivity contribution >= 4 is 35.0 Å².